The van der Waals surface area contributed by atoms with E-state index < -0.39 is 0 Å². The number of carbonyl (C=O) groups excluding carboxylic acids is 1. The van der Waals surface area contributed by atoms with Gasteiger partial charge in [0.1, 0.15) is 5.82 Å². The Morgan fingerprint density at radius 2 is 1.77 bits per heavy atom. The summed E-state index contributed by atoms with van der Waals surface area (Å²) in [5, 5.41) is 9.50. The third kappa shape index (κ3) is 4.99. The summed E-state index contributed by atoms with van der Waals surface area (Å²) in [6, 6.07) is 8.34. The molecular formula is C27H38N6O2. The largest absolute Gasteiger partial charge is 0.340 e. The highest BCUT2D eigenvalue weighted by Gasteiger charge is 2.27. The van der Waals surface area contributed by atoms with Crippen molar-refractivity contribution >= 4 is 22.6 Å². The van der Waals surface area contributed by atoms with Crippen LogP contribution in [0, 0.1) is 5.92 Å². The van der Waals surface area contributed by atoms with Crippen LogP contribution in [-0.4, -0.2) is 67.1 Å². The number of benzene rings is 1. The summed E-state index contributed by atoms with van der Waals surface area (Å²) in [5.74, 6) is 1.97. The molecular weight excluding hydrogens is 440 g/mol. The molecule has 1 aromatic carbocycles. The van der Waals surface area contributed by atoms with Gasteiger partial charge >= 0.3 is 0 Å². The summed E-state index contributed by atoms with van der Waals surface area (Å²) in [7, 11) is 0. The van der Waals surface area contributed by atoms with Gasteiger partial charge in [0.05, 0.1) is 10.9 Å². The van der Waals surface area contributed by atoms with E-state index in [1.807, 2.05) is 33.6 Å². The number of aryl methyl sites for hydroxylation is 2. The fourth-order valence-electron chi connectivity index (χ4n) is 5.72. The van der Waals surface area contributed by atoms with Crippen molar-refractivity contribution in [2.24, 2.45) is 5.92 Å². The summed E-state index contributed by atoms with van der Waals surface area (Å²) < 4.78 is 3.72. The van der Waals surface area contributed by atoms with Crippen LogP contribution in [0.3, 0.4) is 0 Å². The summed E-state index contributed by atoms with van der Waals surface area (Å²) >= 11 is 0. The highest BCUT2D eigenvalue weighted by Crippen LogP contribution is 2.24. The van der Waals surface area contributed by atoms with Crippen molar-refractivity contribution < 1.29 is 4.79 Å². The highest BCUT2D eigenvalue weighted by molar-refractivity contribution is 5.80. The van der Waals surface area contributed by atoms with E-state index in [4.69, 9.17) is 0 Å². The maximum atomic E-state index is 13.2. The maximum Gasteiger partial charge on any atom is 0.262 e. The van der Waals surface area contributed by atoms with Crippen LogP contribution in [0.15, 0.2) is 29.1 Å². The molecule has 0 unspecified atom stereocenters. The van der Waals surface area contributed by atoms with Crippen LogP contribution in [0.2, 0.25) is 0 Å². The molecule has 5 rings (SSSR count). The fourth-order valence-corrected chi connectivity index (χ4v) is 5.72. The minimum absolute atomic E-state index is 0.0281. The molecule has 8 nitrogen and oxygen atoms in total. The van der Waals surface area contributed by atoms with Gasteiger partial charge in [-0.1, -0.05) is 45.2 Å². The molecule has 8 heteroatoms. The van der Waals surface area contributed by atoms with Crippen LogP contribution >= 0.6 is 0 Å². The normalized spacial score (nSPS) is 18.2. The van der Waals surface area contributed by atoms with E-state index in [0.717, 1.165) is 43.9 Å². The van der Waals surface area contributed by atoms with Gasteiger partial charge < -0.3 is 4.90 Å². The third-order valence-corrected chi connectivity index (χ3v) is 7.83. The number of amides is 1. The number of para-hydroxylation sites is 1. The Kier molecular flexibility index (Phi) is 7.18. The summed E-state index contributed by atoms with van der Waals surface area (Å²) in [4.78, 5) is 30.9. The molecule has 1 saturated carbocycles. The molecule has 1 amide bonds. The number of carbonyl (C=O) groups is 1. The molecule has 3 heterocycles. The van der Waals surface area contributed by atoms with E-state index in [9.17, 15) is 9.59 Å². The first-order valence-electron chi connectivity index (χ1n) is 13.4. The van der Waals surface area contributed by atoms with Gasteiger partial charge in [-0.3, -0.25) is 23.5 Å². The van der Waals surface area contributed by atoms with E-state index in [1.54, 1.807) is 4.57 Å². The van der Waals surface area contributed by atoms with Crippen molar-refractivity contribution in [1.82, 2.24) is 29.0 Å². The number of fused-ring (bicyclic) bond motifs is 3. The molecule has 2 aromatic heterocycles. The highest BCUT2D eigenvalue weighted by atomic mass is 16.2. The van der Waals surface area contributed by atoms with E-state index in [0.29, 0.717) is 42.5 Å². The molecule has 2 aliphatic rings. The lowest BCUT2D eigenvalue weighted by Gasteiger charge is -2.40. The first kappa shape index (κ1) is 24.0. The molecule has 188 valence electrons. The minimum Gasteiger partial charge on any atom is -0.340 e. The Balaban J connectivity index is 1.31. The van der Waals surface area contributed by atoms with Gasteiger partial charge in [-0.2, -0.15) is 0 Å². The smallest absolute Gasteiger partial charge is 0.262 e. The van der Waals surface area contributed by atoms with Crippen molar-refractivity contribution in [2.45, 2.75) is 77.8 Å². The lowest BCUT2D eigenvalue weighted by molar-refractivity contribution is -0.133. The third-order valence-electron chi connectivity index (χ3n) is 7.83. The molecule has 1 aliphatic carbocycles. The number of piperazine rings is 1. The number of nitrogens with zero attached hydrogens (tertiary/aromatic N) is 6. The quantitative estimate of drug-likeness (QED) is 0.520. The van der Waals surface area contributed by atoms with Crippen molar-refractivity contribution in [1.29, 1.82) is 0 Å². The molecule has 1 saturated heterocycles. The van der Waals surface area contributed by atoms with Crippen molar-refractivity contribution in [3.8, 4) is 0 Å². The fraction of sp³-hybridized carbons (Fsp3) is 0.630. The topological polar surface area (TPSA) is 75.7 Å². The van der Waals surface area contributed by atoms with Crippen molar-refractivity contribution in [2.75, 3.05) is 26.2 Å². The second kappa shape index (κ2) is 10.5. The monoisotopic (exact) mass is 478 g/mol. The minimum atomic E-state index is -0.0281. The van der Waals surface area contributed by atoms with Gasteiger partial charge in [0.25, 0.3) is 5.56 Å². The first-order valence-corrected chi connectivity index (χ1v) is 13.4. The predicted molar refractivity (Wildman–Crippen MR) is 138 cm³/mol. The van der Waals surface area contributed by atoms with Crippen LogP contribution in [0.25, 0.3) is 16.7 Å². The Morgan fingerprint density at radius 1 is 1.03 bits per heavy atom. The average Bonchev–Trinajstić information content (AvgIpc) is 3.31. The van der Waals surface area contributed by atoms with Crippen molar-refractivity contribution in [3.05, 3.63) is 40.4 Å². The number of hydrogen-bond donors (Lipinski definition) is 0. The standard InChI is InChI=1S/C27H38N6O2/c1-20(2)14-15-32-26(35)22-10-6-7-11-23(22)33-24(28-29-27(32)33)12-13-25(34)31-18-16-30(17-19-31)21-8-4-3-5-9-21/h6-7,10-11,20-21H,3-5,8-9,12-19H2,1-2H3. The van der Waals surface area contributed by atoms with E-state index in [-0.39, 0.29) is 11.5 Å². The molecule has 35 heavy (non-hydrogen) atoms. The Morgan fingerprint density at radius 3 is 2.51 bits per heavy atom. The number of aromatic nitrogens is 4. The Labute approximate surface area is 206 Å². The molecule has 0 atom stereocenters. The zero-order valence-corrected chi connectivity index (χ0v) is 21.2. The van der Waals surface area contributed by atoms with Gasteiger partial charge in [-0.05, 0) is 37.3 Å². The average molecular weight is 479 g/mol. The zero-order valence-electron chi connectivity index (χ0n) is 21.2. The summed E-state index contributed by atoms with van der Waals surface area (Å²) in [6.07, 6.45) is 8.48. The van der Waals surface area contributed by atoms with Crippen LogP contribution in [0.1, 0.15) is 64.6 Å². The molecule has 0 N–H and O–H groups in total. The molecule has 0 bridgehead atoms. The molecule has 2 fully saturated rings. The van der Waals surface area contributed by atoms with Gasteiger partial charge in [0.2, 0.25) is 11.7 Å². The summed E-state index contributed by atoms with van der Waals surface area (Å²) in [5.41, 5.74) is 0.779. The van der Waals surface area contributed by atoms with Crippen LogP contribution < -0.4 is 5.56 Å². The SMILES string of the molecule is CC(C)CCn1c(=O)c2ccccc2n2c(CCC(=O)N3CCN(C4CCCCC4)CC3)nnc12. The lowest BCUT2D eigenvalue weighted by Crippen LogP contribution is -2.52. The van der Waals surface area contributed by atoms with E-state index >= 15 is 0 Å². The molecule has 0 spiro atoms. The van der Waals surface area contributed by atoms with Crippen LogP contribution in [0.5, 0.6) is 0 Å². The van der Waals surface area contributed by atoms with Crippen LogP contribution in [-0.2, 0) is 17.8 Å². The zero-order chi connectivity index (χ0) is 24.4. The van der Waals surface area contributed by atoms with Gasteiger partial charge in [-0.15, -0.1) is 10.2 Å². The molecule has 1 aliphatic heterocycles. The molecule has 0 radical (unpaired) electrons. The van der Waals surface area contributed by atoms with Gasteiger partial charge in [0.15, 0.2) is 0 Å². The lowest BCUT2D eigenvalue weighted by atomic mass is 9.94. The molecule has 3 aromatic rings. The van der Waals surface area contributed by atoms with E-state index in [2.05, 4.69) is 28.9 Å². The van der Waals surface area contributed by atoms with Gasteiger partial charge in [-0.25, -0.2) is 0 Å². The van der Waals surface area contributed by atoms with Crippen LogP contribution in [0.4, 0.5) is 0 Å². The van der Waals surface area contributed by atoms with Crippen molar-refractivity contribution in [3.63, 3.8) is 0 Å². The second-order valence-corrected chi connectivity index (χ2v) is 10.6. The summed E-state index contributed by atoms with van der Waals surface area (Å²) in [6.45, 7) is 8.50. The second-order valence-electron chi connectivity index (χ2n) is 10.6. The van der Waals surface area contributed by atoms with Gasteiger partial charge in [0, 0.05) is 51.6 Å². The number of rotatable bonds is 7. The maximum absolute atomic E-state index is 13.2. The Hall–Kier alpha value is -2.74. The van der Waals surface area contributed by atoms with E-state index in [1.165, 1.54) is 32.1 Å². The predicted octanol–water partition coefficient (Wildman–Crippen LogP) is 3.50. The first-order chi connectivity index (χ1) is 17.0. The Bertz CT molecular complexity index is 1230. The number of hydrogen-bond acceptors (Lipinski definition) is 5.